The second kappa shape index (κ2) is 10.8. The maximum atomic E-state index is 13.9. The molecular weight excluding hydrogens is 667 g/mol. The standard InChI is InChI=1S/C36H19N3O6S3/c40-29-18-10-4-5-11-19(18)30(41)26(29)37-24-14-22-33(47-24)35-28(39(22)36(44)45-16-17-8-2-1-3-9-17)34-23(46-35)15-25(48-34)38-27-31(42)20-12-6-7-13-21(20)32(27)43/h1-15,31,42H,16H2/b38-27+. The van der Waals surface area contributed by atoms with E-state index in [-0.39, 0.29) is 23.5 Å². The number of hydrogen-bond donors (Lipinski definition) is 1. The number of aliphatic hydroxyl groups excluding tert-OH is 1. The molecule has 0 aliphatic heterocycles. The molecule has 0 spiro atoms. The summed E-state index contributed by atoms with van der Waals surface area (Å²) in [6, 6.07) is 26.4. The van der Waals surface area contributed by atoms with Crippen molar-refractivity contribution in [3.63, 3.8) is 0 Å². The molecule has 0 saturated heterocycles. The topological polar surface area (TPSA) is 127 Å². The summed E-state index contributed by atoms with van der Waals surface area (Å²) in [5.74, 6) is -0.315. The van der Waals surface area contributed by atoms with E-state index in [1.165, 1.54) is 38.6 Å². The Morgan fingerprint density at radius 2 is 1.44 bits per heavy atom. The molecule has 0 amide bonds. The van der Waals surface area contributed by atoms with Gasteiger partial charge in [-0.2, -0.15) is 0 Å². The number of aliphatic hydroxyl groups is 1. The van der Waals surface area contributed by atoms with E-state index in [1.54, 1.807) is 54.6 Å². The minimum atomic E-state index is -1.12. The Kier molecular flexibility index (Phi) is 6.49. The minimum Gasteiger partial charge on any atom is -0.444 e. The number of benzene rings is 3. The number of carbonyl (C=O) groups excluding carboxylic acids is 2. The smallest absolute Gasteiger partial charge is 0.419 e. The number of aliphatic imine (C=N–C) groups is 1. The zero-order chi connectivity index (χ0) is 32.7. The number of carbonyl (C=O) groups is 2. The highest BCUT2D eigenvalue weighted by molar-refractivity contribution is 7.37. The molecule has 4 aromatic carbocycles. The first-order valence-corrected chi connectivity index (χ1v) is 17.2. The zero-order valence-electron chi connectivity index (χ0n) is 24.5. The Balaban J connectivity index is 1.20. The van der Waals surface area contributed by atoms with Crippen molar-refractivity contribution in [1.29, 1.82) is 0 Å². The SMILES string of the molecule is O=C1/C(=N/c2cc3sc4c5sc(N=c6c(=O)c7ccccc7c6=O)cc5n(C(=O)OCc5ccccc5)c4c3s2)C(O)c2ccccc21. The van der Waals surface area contributed by atoms with Gasteiger partial charge in [0, 0.05) is 16.3 Å². The van der Waals surface area contributed by atoms with Gasteiger partial charge < -0.3 is 9.84 Å². The van der Waals surface area contributed by atoms with Gasteiger partial charge in [0.05, 0.1) is 29.8 Å². The summed E-state index contributed by atoms with van der Waals surface area (Å²) in [7, 11) is 0. The Hall–Kier alpha value is -5.40. The van der Waals surface area contributed by atoms with Crippen LogP contribution in [0.4, 0.5) is 14.8 Å². The van der Waals surface area contributed by atoms with E-state index in [9.17, 15) is 24.3 Å². The molecule has 1 aliphatic carbocycles. The fraction of sp³-hybridized carbons (Fsp3) is 0.0556. The molecule has 4 aromatic heterocycles. The number of Topliss-reactive ketones (excluding diaryl/α,β-unsaturated/α-hetero) is 1. The van der Waals surface area contributed by atoms with Gasteiger partial charge in [0.2, 0.25) is 16.6 Å². The van der Waals surface area contributed by atoms with Crippen molar-refractivity contribution in [2.75, 3.05) is 0 Å². The third kappa shape index (κ3) is 4.31. The summed E-state index contributed by atoms with van der Waals surface area (Å²) in [4.78, 5) is 62.1. The average Bonchev–Trinajstić information content (AvgIpc) is 3.92. The second-order valence-electron chi connectivity index (χ2n) is 11.2. The maximum absolute atomic E-state index is 13.9. The molecule has 0 saturated carbocycles. The van der Waals surface area contributed by atoms with Crippen LogP contribution in [0.5, 0.6) is 0 Å². The summed E-state index contributed by atoms with van der Waals surface area (Å²) in [5, 5.41) is 12.3. The van der Waals surface area contributed by atoms with Crippen LogP contribution in [0.1, 0.15) is 27.6 Å². The number of ether oxygens (including phenoxy) is 1. The van der Waals surface area contributed by atoms with E-state index in [0.717, 1.165) is 24.4 Å². The lowest BCUT2D eigenvalue weighted by Crippen LogP contribution is -2.31. The fourth-order valence-electron chi connectivity index (χ4n) is 6.15. The average molecular weight is 686 g/mol. The molecule has 1 N–H and O–H groups in total. The quantitative estimate of drug-likeness (QED) is 0.207. The van der Waals surface area contributed by atoms with E-state index in [2.05, 4.69) is 9.98 Å². The first-order chi connectivity index (χ1) is 23.4. The van der Waals surface area contributed by atoms with Crippen LogP contribution in [0.25, 0.3) is 40.6 Å². The number of hydrogen-bond acceptors (Lipinski definition) is 11. The lowest BCUT2D eigenvalue weighted by atomic mass is 10.1. The summed E-state index contributed by atoms with van der Waals surface area (Å²) in [5.41, 5.74) is 2.16. The summed E-state index contributed by atoms with van der Waals surface area (Å²) < 4.78 is 10.5. The first-order valence-electron chi connectivity index (χ1n) is 14.8. The van der Waals surface area contributed by atoms with Crippen LogP contribution in [-0.2, 0) is 11.3 Å². The minimum absolute atomic E-state index is 0.0541. The highest BCUT2D eigenvalue weighted by Crippen LogP contribution is 2.50. The van der Waals surface area contributed by atoms with Gasteiger partial charge in [-0.05, 0) is 23.3 Å². The number of nitrogens with zero attached hydrogens (tertiary/aromatic N) is 3. The molecular formula is C36H19N3O6S3. The first kappa shape index (κ1) is 28.8. The van der Waals surface area contributed by atoms with Gasteiger partial charge >= 0.3 is 6.09 Å². The molecule has 48 heavy (non-hydrogen) atoms. The molecule has 4 heterocycles. The van der Waals surface area contributed by atoms with Crippen LogP contribution in [-0.4, -0.2) is 27.3 Å². The van der Waals surface area contributed by atoms with E-state index in [0.29, 0.717) is 42.9 Å². The summed E-state index contributed by atoms with van der Waals surface area (Å²) in [6.45, 7) is 0.0541. The number of ketones is 1. The molecule has 1 aliphatic rings. The molecule has 9 nitrogen and oxygen atoms in total. The van der Waals surface area contributed by atoms with Crippen molar-refractivity contribution in [2.24, 2.45) is 9.98 Å². The molecule has 0 radical (unpaired) electrons. The van der Waals surface area contributed by atoms with Crippen molar-refractivity contribution >= 4 is 102 Å². The van der Waals surface area contributed by atoms with Crippen LogP contribution >= 0.6 is 34.0 Å². The van der Waals surface area contributed by atoms with Gasteiger partial charge in [-0.3, -0.25) is 14.4 Å². The molecule has 0 fully saturated rings. The van der Waals surface area contributed by atoms with Gasteiger partial charge in [0.25, 0.3) is 0 Å². The normalized spacial score (nSPS) is 15.4. The van der Waals surface area contributed by atoms with Crippen LogP contribution in [0, 0.1) is 0 Å². The lowest BCUT2D eigenvalue weighted by molar-refractivity contribution is 0.106. The van der Waals surface area contributed by atoms with E-state index < -0.39 is 23.1 Å². The highest BCUT2D eigenvalue weighted by Gasteiger charge is 2.35. The van der Waals surface area contributed by atoms with Crippen molar-refractivity contribution in [1.82, 2.24) is 4.57 Å². The maximum Gasteiger partial charge on any atom is 0.419 e. The second-order valence-corrected chi connectivity index (χ2v) is 14.3. The van der Waals surface area contributed by atoms with Crippen molar-refractivity contribution < 1.29 is 19.4 Å². The van der Waals surface area contributed by atoms with Crippen LogP contribution in [0.15, 0.2) is 111 Å². The molecule has 9 rings (SSSR count). The molecule has 232 valence electrons. The van der Waals surface area contributed by atoms with Crippen molar-refractivity contribution in [2.45, 2.75) is 12.7 Å². The van der Waals surface area contributed by atoms with Crippen molar-refractivity contribution in [3.8, 4) is 0 Å². The highest BCUT2D eigenvalue weighted by atomic mass is 32.1. The van der Waals surface area contributed by atoms with E-state index >= 15 is 0 Å². The largest absolute Gasteiger partial charge is 0.444 e. The predicted molar refractivity (Wildman–Crippen MR) is 190 cm³/mol. The summed E-state index contributed by atoms with van der Waals surface area (Å²) in [6.07, 6.45) is -1.73. The van der Waals surface area contributed by atoms with Gasteiger partial charge in [-0.15, -0.1) is 34.0 Å². The lowest BCUT2D eigenvalue weighted by Gasteiger charge is -2.07. The fourth-order valence-corrected chi connectivity index (χ4v) is 9.80. The number of aromatic nitrogens is 1. The Labute approximate surface area is 281 Å². The monoisotopic (exact) mass is 685 g/mol. The zero-order valence-corrected chi connectivity index (χ0v) is 26.9. The van der Waals surface area contributed by atoms with Crippen LogP contribution in [0.2, 0.25) is 0 Å². The number of thiophene rings is 3. The Morgan fingerprint density at radius 1 is 0.771 bits per heavy atom. The summed E-state index contributed by atoms with van der Waals surface area (Å²) >= 11 is 4.04. The number of fused-ring (bicyclic) bond motifs is 7. The van der Waals surface area contributed by atoms with E-state index in [4.69, 9.17) is 4.74 Å². The molecule has 8 aromatic rings. The molecule has 0 bridgehead atoms. The molecule has 1 atom stereocenters. The van der Waals surface area contributed by atoms with Gasteiger partial charge in [0.15, 0.2) is 5.36 Å². The van der Waals surface area contributed by atoms with Gasteiger partial charge in [0.1, 0.15) is 28.4 Å². The Morgan fingerprint density at radius 3 is 2.19 bits per heavy atom. The number of rotatable bonds is 4. The van der Waals surface area contributed by atoms with Gasteiger partial charge in [-0.1, -0.05) is 78.9 Å². The van der Waals surface area contributed by atoms with Crippen molar-refractivity contribution in [3.05, 3.63) is 133 Å². The van der Waals surface area contributed by atoms with Crippen LogP contribution < -0.4 is 16.2 Å². The van der Waals surface area contributed by atoms with Crippen LogP contribution in [0.3, 0.4) is 0 Å². The van der Waals surface area contributed by atoms with Gasteiger partial charge in [-0.25, -0.2) is 19.3 Å². The molecule has 12 heteroatoms. The Bertz CT molecular complexity index is 2800. The third-order valence-electron chi connectivity index (χ3n) is 8.38. The molecule has 1 unspecified atom stereocenters. The van der Waals surface area contributed by atoms with E-state index in [1.807, 2.05) is 36.4 Å². The predicted octanol–water partition coefficient (Wildman–Crippen LogP) is 7.30. The third-order valence-corrected chi connectivity index (χ3v) is 11.8.